The Morgan fingerprint density at radius 1 is 1.04 bits per heavy atom. The summed E-state index contributed by atoms with van der Waals surface area (Å²) in [5.74, 6) is 2.22. The fourth-order valence-corrected chi connectivity index (χ4v) is 3.15. The van der Waals surface area contributed by atoms with Gasteiger partial charge in [0, 0.05) is 5.39 Å². The van der Waals surface area contributed by atoms with Crippen molar-refractivity contribution in [2.24, 2.45) is 0 Å². The number of nitrogen functional groups attached to an aromatic ring is 1. The molecule has 1 unspecified atom stereocenters. The molecule has 1 heterocycles. The molecular formula is C23H28N2O2. The molecule has 142 valence electrons. The zero-order chi connectivity index (χ0) is 19.4. The molecule has 0 saturated heterocycles. The van der Waals surface area contributed by atoms with E-state index in [-0.39, 0.29) is 6.10 Å². The number of aryl methyl sites for hydroxylation is 2. The van der Waals surface area contributed by atoms with E-state index in [0.717, 1.165) is 35.2 Å². The van der Waals surface area contributed by atoms with Crippen LogP contribution in [0.5, 0.6) is 11.5 Å². The van der Waals surface area contributed by atoms with Crippen molar-refractivity contribution in [3.63, 3.8) is 0 Å². The van der Waals surface area contributed by atoms with E-state index in [1.165, 1.54) is 16.7 Å². The number of hydrogen-bond acceptors (Lipinski definition) is 4. The second-order valence-corrected chi connectivity index (χ2v) is 7.17. The molecule has 0 aliphatic heterocycles. The maximum absolute atomic E-state index is 6.12. The van der Waals surface area contributed by atoms with E-state index >= 15 is 0 Å². The average molecular weight is 364 g/mol. The van der Waals surface area contributed by atoms with Crippen LogP contribution in [0.4, 0.5) is 5.82 Å². The number of hydrogen-bond donors (Lipinski definition) is 1. The van der Waals surface area contributed by atoms with E-state index in [1.807, 2.05) is 24.3 Å². The highest BCUT2D eigenvalue weighted by molar-refractivity contribution is 5.85. The van der Waals surface area contributed by atoms with E-state index in [1.54, 1.807) is 6.07 Å². The van der Waals surface area contributed by atoms with Crippen LogP contribution < -0.4 is 15.2 Å². The van der Waals surface area contributed by atoms with Gasteiger partial charge in [-0.1, -0.05) is 12.1 Å². The first-order valence-corrected chi connectivity index (χ1v) is 9.46. The third-order valence-corrected chi connectivity index (χ3v) is 4.96. The number of rotatable bonds is 7. The fraction of sp³-hybridized carbons (Fsp3) is 0.348. The number of nitrogens with two attached hydrogens (primary N) is 1. The van der Waals surface area contributed by atoms with Crippen LogP contribution in [0.3, 0.4) is 0 Å². The van der Waals surface area contributed by atoms with Crippen molar-refractivity contribution in [1.82, 2.24) is 4.98 Å². The third kappa shape index (κ3) is 4.70. The van der Waals surface area contributed by atoms with Crippen molar-refractivity contribution in [3.05, 3.63) is 59.2 Å². The molecule has 4 nitrogen and oxygen atoms in total. The van der Waals surface area contributed by atoms with E-state index in [4.69, 9.17) is 15.2 Å². The number of aromatic nitrogens is 1. The van der Waals surface area contributed by atoms with Gasteiger partial charge in [0.05, 0.1) is 12.7 Å². The Hall–Kier alpha value is -2.75. The molecule has 0 bridgehead atoms. The summed E-state index contributed by atoms with van der Waals surface area (Å²) >= 11 is 0. The molecule has 1 aromatic heterocycles. The monoisotopic (exact) mass is 364 g/mol. The lowest BCUT2D eigenvalue weighted by Gasteiger charge is -2.16. The largest absolute Gasteiger partial charge is 0.494 e. The molecule has 0 saturated carbocycles. The molecule has 2 N–H and O–H groups in total. The zero-order valence-electron chi connectivity index (χ0n) is 16.6. The smallest absolute Gasteiger partial charge is 0.146 e. The van der Waals surface area contributed by atoms with Crippen LogP contribution in [0.2, 0.25) is 0 Å². The summed E-state index contributed by atoms with van der Waals surface area (Å²) in [5.41, 5.74) is 10.5. The molecule has 0 aliphatic carbocycles. The topological polar surface area (TPSA) is 57.4 Å². The normalized spacial score (nSPS) is 12.1. The van der Waals surface area contributed by atoms with Gasteiger partial charge in [0.25, 0.3) is 0 Å². The lowest BCUT2D eigenvalue weighted by Crippen LogP contribution is -2.14. The Morgan fingerprint density at radius 2 is 1.78 bits per heavy atom. The predicted octanol–water partition coefficient (Wildman–Crippen LogP) is 5.37. The predicted molar refractivity (Wildman–Crippen MR) is 112 cm³/mol. The van der Waals surface area contributed by atoms with Gasteiger partial charge in [-0.05, 0) is 87.6 Å². The van der Waals surface area contributed by atoms with Gasteiger partial charge in [-0.2, -0.15) is 0 Å². The number of nitrogens with zero attached hydrogens (tertiary/aromatic N) is 1. The summed E-state index contributed by atoms with van der Waals surface area (Å²) in [6.45, 7) is 9.14. The summed E-state index contributed by atoms with van der Waals surface area (Å²) < 4.78 is 12.0. The van der Waals surface area contributed by atoms with Crippen LogP contribution in [0.1, 0.15) is 36.5 Å². The molecular weight excluding hydrogens is 336 g/mol. The number of pyridine rings is 1. The van der Waals surface area contributed by atoms with Gasteiger partial charge in [-0.15, -0.1) is 0 Å². The standard InChI is InChI=1S/C23H28N2O2/c1-15-13-20(14-16(2)18(15)4)26-12-6-7-17(3)27-21-9-5-8-19-10-11-22(24)25-23(19)21/h5,8-11,13-14,17H,6-7,12H2,1-4H3,(H2,24,25). The van der Waals surface area contributed by atoms with Crippen molar-refractivity contribution in [3.8, 4) is 11.5 Å². The third-order valence-electron chi connectivity index (χ3n) is 4.96. The number of benzene rings is 2. The van der Waals surface area contributed by atoms with Gasteiger partial charge in [0.15, 0.2) is 0 Å². The highest BCUT2D eigenvalue weighted by Crippen LogP contribution is 2.26. The van der Waals surface area contributed by atoms with Crippen LogP contribution in [-0.4, -0.2) is 17.7 Å². The second kappa shape index (κ2) is 8.30. The maximum Gasteiger partial charge on any atom is 0.146 e. The van der Waals surface area contributed by atoms with Crippen molar-refractivity contribution in [2.75, 3.05) is 12.3 Å². The molecule has 2 aromatic carbocycles. The van der Waals surface area contributed by atoms with Crippen LogP contribution in [0, 0.1) is 20.8 Å². The summed E-state index contributed by atoms with van der Waals surface area (Å²) in [5, 5.41) is 1.03. The summed E-state index contributed by atoms with van der Waals surface area (Å²) in [6.07, 6.45) is 1.90. The van der Waals surface area contributed by atoms with Crippen LogP contribution in [0.15, 0.2) is 42.5 Å². The Labute approximate surface area is 161 Å². The van der Waals surface area contributed by atoms with Crippen molar-refractivity contribution < 1.29 is 9.47 Å². The molecule has 27 heavy (non-hydrogen) atoms. The van der Waals surface area contributed by atoms with E-state index in [0.29, 0.717) is 12.4 Å². The summed E-state index contributed by atoms with van der Waals surface area (Å²) in [4.78, 5) is 4.42. The molecule has 0 aliphatic rings. The highest BCUT2D eigenvalue weighted by atomic mass is 16.5. The van der Waals surface area contributed by atoms with Gasteiger partial charge in [-0.25, -0.2) is 4.98 Å². The van der Waals surface area contributed by atoms with Gasteiger partial charge in [0.1, 0.15) is 22.8 Å². The van der Waals surface area contributed by atoms with Gasteiger partial charge in [0.2, 0.25) is 0 Å². The molecule has 1 atom stereocenters. The molecule has 0 fully saturated rings. The minimum Gasteiger partial charge on any atom is -0.494 e. The molecule has 3 aromatic rings. The SMILES string of the molecule is Cc1cc(OCCCC(C)Oc2cccc3ccc(N)nc23)cc(C)c1C. The van der Waals surface area contributed by atoms with Crippen molar-refractivity contribution in [2.45, 2.75) is 46.6 Å². The van der Waals surface area contributed by atoms with Crippen molar-refractivity contribution in [1.29, 1.82) is 0 Å². The molecule has 0 radical (unpaired) electrons. The molecule has 0 spiro atoms. The Morgan fingerprint density at radius 3 is 2.52 bits per heavy atom. The first-order chi connectivity index (χ1) is 12.9. The van der Waals surface area contributed by atoms with Gasteiger partial charge < -0.3 is 15.2 Å². The fourth-order valence-electron chi connectivity index (χ4n) is 3.15. The van der Waals surface area contributed by atoms with E-state index in [2.05, 4.69) is 44.8 Å². The molecule has 0 amide bonds. The number of anilines is 1. The van der Waals surface area contributed by atoms with Crippen molar-refractivity contribution >= 4 is 16.7 Å². The first kappa shape index (κ1) is 19.0. The second-order valence-electron chi connectivity index (χ2n) is 7.17. The van der Waals surface area contributed by atoms with Crippen LogP contribution in [-0.2, 0) is 0 Å². The summed E-state index contributed by atoms with van der Waals surface area (Å²) in [7, 11) is 0. The molecule has 3 rings (SSSR count). The highest BCUT2D eigenvalue weighted by Gasteiger charge is 2.09. The Kier molecular flexibility index (Phi) is 5.84. The maximum atomic E-state index is 6.12. The summed E-state index contributed by atoms with van der Waals surface area (Å²) in [6, 6.07) is 13.9. The number of fused-ring (bicyclic) bond motifs is 1. The quantitative estimate of drug-likeness (QED) is 0.573. The zero-order valence-corrected chi connectivity index (χ0v) is 16.6. The van der Waals surface area contributed by atoms with Gasteiger partial charge in [-0.3, -0.25) is 0 Å². The minimum atomic E-state index is 0.0731. The van der Waals surface area contributed by atoms with Gasteiger partial charge >= 0.3 is 0 Å². The number of ether oxygens (including phenoxy) is 2. The Bertz CT molecular complexity index is 914. The minimum absolute atomic E-state index is 0.0731. The van der Waals surface area contributed by atoms with E-state index < -0.39 is 0 Å². The first-order valence-electron chi connectivity index (χ1n) is 9.46. The number of para-hydroxylation sites is 1. The van der Waals surface area contributed by atoms with Crippen LogP contribution >= 0.6 is 0 Å². The average Bonchev–Trinajstić information content (AvgIpc) is 2.63. The Balaban J connectivity index is 1.53. The lowest BCUT2D eigenvalue weighted by molar-refractivity contribution is 0.195. The van der Waals surface area contributed by atoms with Crippen LogP contribution in [0.25, 0.3) is 10.9 Å². The van der Waals surface area contributed by atoms with E-state index in [9.17, 15) is 0 Å². The lowest BCUT2D eigenvalue weighted by atomic mass is 10.0. The molecule has 4 heteroatoms.